The van der Waals surface area contributed by atoms with Gasteiger partial charge in [0.1, 0.15) is 18.2 Å². The Bertz CT molecular complexity index is 1630. The quantitative estimate of drug-likeness (QED) is 0.204. The number of anilines is 1. The molecule has 1 amide bonds. The van der Waals surface area contributed by atoms with E-state index in [4.69, 9.17) is 4.74 Å². The summed E-state index contributed by atoms with van der Waals surface area (Å²) in [4.78, 5) is 27.9. The maximum atomic E-state index is 13.4. The van der Waals surface area contributed by atoms with Crippen LogP contribution in [0.4, 0.5) is 10.1 Å². The molecular formula is C32H32FN5O2. The minimum atomic E-state index is -0.316. The van der Waals surface area contributed by atoms with Gasteiger partial charge in [-0.2, -0.15) is 0 Å². The average Bonchev–Trinajstić information content (AvgIpc) is 3.46. The zero-order chi connectivity index (χ0) is 28.2. The molecule has 2 N–H and O–H groups in total. The number of aromatic nitrogens is 3. The second-order valence-corrected chi connectivity index (χ2v) is 10.1. The first-order chi connectivity index (χ1) is 19.3. The predicted molar refractivity (Wildman–Crippen MR) is 157 cm³/mol. The fourth-order valence-electron chi connectivity index (χ4n) is 4.38. The van der Waals surface area contributed by atoms with E-state index in [1.807, 2.05) is 87.4 Å². The molecule has 2 heterocycles. The molecule has 1 unspecified atom stereocenters. The number of H-pyrrole nitrogens is 1. The number of halogens is 1. The molecule has 40 heavy (non-hydrogen) atoms. The van der Waals surface area contributed by atoms with E-state index >= 15 is 0 Å². The normalized spacial score (nSPS) is 12.1. The van der Waals surface area contributed by atoms with Crippen molar-refractivity contribution in [1.82, 2.24) is 20.3 Å². The van der Waals surface area contributed by atoms with Crippen LogP contribution in [0, 0.1) is 5.82 Å². The summed E-state index contributed by atoms with van der Waals surface area (Å²) in [6.45, 7) is 6.19. The zero-order valence-corrected chi connectivity index (χ0v) is 23.0. The number of nitrogens with zero attached hydrogens (tertiary/aromatic N) is 3. The molecule has 0 aliphatic heterocycles. The zero-order valence-electron chi connectivity index (χ0n) is 23.0. The number of amides is 1. The largest absolute Gasteiger partial charge is 0.358 e. The van der Waals surface area contributed by atoms with Crippen molar-refractivity contribution in [2.75, 3.05) is 18.7 Å². The van der Waals surface area contributed by atoms with E-state index in [-0.39, 0.29) is 23.9 Å². The van der Waals surface area contributed by atoms with E-state index in [1.54, 1.807) is 18.3 Å². The summed E-state index contributed by atoms with van der Waals surface area (Å²) in [5.41, 5.74) is 4.40. The number of benzene rings is 3. The molecule has 7 nitrogen and oxygen atoms in total. The van der Waals surface area contributed by atoms with Gasteiger partial charge in [0.2, 0.25) is 0 Å². The molecular weight excluding hydrogens is 505 g/mol. The van der Waals surface area contributed by atoms with Gasteiger partial charge in [0, 0.05) is 35.4 Å². The maximum Gasteiger partial charge on any atom is 0.251 e. The first-order valence-corrected chi connectivity index (χ1v) is 13.2. The fourth-order valence-corrected chi connectivity index (χ4v) is 4.38. The van der Waals surface area contributed by atoms with Crippen LogP contribution in [0.1, 0.15) is 42.7 Å². The first kappa shape index (κ1) is 27.0. The smallest absolute Gasteiger partial charge is 0.251 e. The summed E-state index contributed by atoms with van der Waals surface area (Å²) in [6, 6.07) is 21.5. The Balaban J connectivity index is 1.46. The van der Waals surface area contributed by atoms with Crippen LogP contribution in [-0.2, 0) is 4.74 Å². The van der Waals surface area contributed by atoms with Crippen LogP contribution in [0.5, 0.6) is 0 Å². The Morgan fingerprint density at radius 2 is 1.73 bits per heavy atom. The van der Waals surface area contributed by atoms with Crippen LogP contribution < -0.4 is 10.2 Å². The molecule has 204 valence electrons. The molecule has 0 fully saturated rings. The van der Waals surface area contributed by atoms with Gasteiger partial charge in [-0.25, -0.2) is 9.37 Å². The molecule has 0 saturated heterocycles. The van der Waals surface area contributed by atoms with E-state index in [0.29, 0.717) is 18.1 Å². The highest BCUT2D eigenvalue weighted by Gasteiger charge is 2.17. The standard InChI is InChI=1S/C32H32FN5O2/c1-20(2)40-19-38(4)28-14-25(13-26(15-28)32(39)36-21(3)22-9-11-27(33)12-10-22)30-18-35-31(37-30)29-16-23-7-5-6-8-24(23)17-34-29/h5-18,20-21H,19H2,1-4H3,(H,35,37)(H,36,39). The summed E-state index contributed by atoms with van der Waals surface area (Å²) in [7, 11) is 1.92. The van der Waals surface area contributed by atoms with Crippen LogP contribution in [0.2, 0.25) is 0 Å². The summed E-state index contributed by atoms with van der Waals surface area (Å²) in [6.07, 6.45) is 3.65. The molecule has 0 saturated carbocycles. The molecule has 0 radical (unpaired) electrons. The van der Waals surface area contributed by atoms with Crippen molar-refractivity contribution in [2.24, 2.45) is 0 Å². The number of hydrogen-bond donors (Lipinski definition) is 2. The lowest BCUT2D eigenvalue weighted by molar-refractivity contribution is 0.0815. The van der Waals surface area contributed by atoms with Gasteiger partial charge in [0.15, 0.2) is 5.82 Å². The van der Waals surface area contributed by atoms with E-state index in [0.717, 1.165) is 39.0 Å². The molecule has 0 aliphatic carbocycles. The lowest BCUT2D eigenvalue weighted by atomic mass is 10.0. The number of hydrogen-bond acceptors (Lipinski definition) is 5. The Hall–Kier alpha value is -4.56. The second-order valence-electron chi connectivity index (χ2n) is 10.1. The van der Waals surface area contributed by atoms with Gasteiger partial charge in [-0.05, 0) is 68.1 Å². The first-order valence-electron chi connectivity index (χ1n) is 13.2. The molecule has 0 spiro atoms. The lowest BCUT2D eigenvalue weighted by Gasteiger charge is -2.22. The minimum Gasteiger partial charge on any atom is -0.358 e. The SMILES string of the molecule is CC(C)OCN(C)c1cc(C(=O)NC(C)c2ccc(F)cc2)cc(-c2cnc(-c3cc4ccccc4cn3)[nH]2)c1. The van der Waals surface area contributed by atoms with E-state index in [2.05, 4.69) is 20.3 Å². The van der Waals surface area contributed by atoms with Crippen molar-refractivity contribution in [1.29, 1.82) is 0 Å². The van der Waals surface area contributed by atoms with Crippen LogP contribution in [0.3, 0.4) is 0 Å². The molecule has 2 aromatic heterocycles. The van der Waals surface area contributed by atoms with Gasteiger partial charge in [-0.1, -0.05) is 36.4 Å². The average molecular weight is 538 g/mol. The molecule has 0 aliphatic rings. The molecule has 3 aromatic carbocycles. The summed E-state index contributed by atoms with van der Waals surface area (Å²) < 4.78 is 19.2. The van der Waals surface area contributed by atoms with Crippen LogP contribution in [-0.4, -0.2) is 40.7 Å². The lowest BCUT2D eigenvalue weighted by Crippen LogP contribution is -2.27. The van der Waals surface area contributed by atoms with Crippen LogP contribution in [0.15, 0.2) is 85.2 Å². The van der Waals surface area contributed by atoms with Gasteiger partial charge in [0.05, 0.1) is 24.0 Å². The number of pyridine rings is 1. The molecule has 5 rings (SSSR count). The molecule has 5 aromatic rings. The number of aromatic amines is 1. The Kier molecular flexibility index (Phi) is 7.89. The third kappa shape index (κ3) is 6.18. The third-order valence-corrected chi connectivity index (χ3v) is 6.70. The van der Waals surface area contributed by atoms with Crippen molar-refractivity contribution < 1.29 is 13.9 Å². The number of carbonyl (C=O) groups excluding carboxylic acids is 1. The van der Waals surface area contributed by atoms with Gasteiger partial charge in [-0.3, -0.25) is 9.78 Å². The monoisotopic (exact) mass is 537 g/mol. The Morgan fingerprint density at radius 3 is 2.48 bits per heavy atom. The highest BCUT2D eigenvalue weighted by atomic mass is 19.1. The summed E-state index contributed by atoms with van der Waals surface area (Å²) >= 11 is 0. The van der Waals surface area contributed by atoms with Gasteiger partial charge >= 0.3 is 0 Å². The van der Waals surface area contributed by atoms with Crippen LogP contribution >= 0.6 is 0 Å². The third-order valence-electron chi connectivity index (χ3n) is 6.70. The minimum absolute atomic E-state index is 0.0644. The Labute approximate surface area is 233 Å². The maximum absolute atomic E-state index is 13.4. The van der Waals surface area contributed by atoms with E-state index < -0.39 is 0 Å². The number of nitrogens with one attached hydrogen (secondary N) is 2. The predicted octanol–water partition coefficient (Wildman–Crippen LogP) is 6.74. The topological polar surface area (TPSA) is 83.1 Å². The van der Waals surface area contributed by atoms with E-state index in [1.165, 1.54) is 12.1 Å². The van der Waals surface area contributed by atoms with E-state index in [9.17, 15) is 9.18 Å². The highest BCUT2D eigenvalue weighted by molar-refractivity contribution is 5.97. The second kappa shape index (κ2) is 11.7. The van der Waals surface area contributed by atoms with Crippen molar-refractivity contribution in [3.05, 3.63) is 102 Å². The van der Waals surface area contributed by atoms with Crippen molar-refractivity contribution in [3.63, 3.8) is 0 Å². The van der Waals surface area contributed by atoms with Crippen molar-refractivity contribution in [2.45, 2.75) is 32.9 Å². The van der Waals surface area contributed by atoms with Crippen LogP contribution in [0.25, 0.3) is 33.5 Å². The number of rotatable bonds is 9. The number of ether oxygens (including phenoxy) is 1. The summed E-state index contributed by atoms with van der Waals surface area (Å²) in [5, 5.41) is 5.16. The van der Waals surface area contributed by atoms with Crippen molar-refractivity contribution in [3.8, 4) is 22.8 Å². The molecule has 0 bridgehead atoms. The van der Waals surface area contributed by atoms with Gasteiger partial charge in [0.25, 0.3) is 5.91 Å². The molecule has 8 heteroatoms. The highest BCUT2D eigenvalue weighted by Crippen LogP contribution is 2.28. The van der Waals surface area contributed by atoms with Crippen molar-refractivity contribution >= 4 is 22.4 Å². The number of fused-ring (bicyclic) bond motifs is 1. The Morgan fingerprint density at radius 1 is 0.975 bits per heavy atom. The molecule has 1 atom stereocenters. The fraction of sp³-hybridized carbons (Fsp3) is 0.219. The van der Waals surface area contributed by atoms with Gasteiger partial charge in [-0.15, -0.1) is 0 Å². The number of carbonyl (C=O) groups is 1. The summed E-state index contributed by atoms with van der Waals surface area (Å²) in [5.74, 6) is 0.0803. The number of imidazole rings is 1. The van der Waals surface area contributed by atoms with Gasteiger partial charge < -0.3 is 19.9 Å².